The molecule has 1 fully saturated rings. The summed E-state index contributed by atoms with van der Waals surface area (Å²) in [5.41, 5.74) is 0. The molecule has 2 rings (SSSR count). The van der Waals surface area contributed by atoms with Crippen molar-refractivity contribution in [2.75, 3.05) is 6.54 Å². The number of aliphatic hydroxyl groups is 1. The van der Waals surface area contributed by atoms with E-state index in [1.165, 1.54) is 0 Å². The summed E-state index contributed by atoms with van der Waals surface area (Å²) < 4.78 is 5.27. The Bertz CT molecular complexity index is 381. The quantitative estimate of drug-likeness (QED) is 0.572. The fourth-order valence-electron chi connectivity index (χ4n) is 2.29. The van der Waals surface area contributed by atoms with E-state index in [1.807, 2.05) is 12.1 Å². The minimum atomic E-state index is -0.124. The number of hydrogen-bond donors (Lipinski definition) is 3. The van der Waals surface area contributed by atoms with Crippen LogP contribution in [-0.4, -0.2) is 29.8 Å². The summed E-state index contributed by atoms with van der Waals surface area (Å²) in [5.74, 6) is 1.68. The van der Waals surface area contributed by atoms with Gasteiger partial charge in [-0.05, 0) is 44.7 Å². The van der Waals surface area contributed by atoms with Crippen LogP contribution in [0.2, 0.25) is 0 Å². The summed E-state index contributed by atoms with van der Waals surface area (Å²) in [4.78, 5) is 4.51. The first-order valence-corrected chi connectivity index (χ1v) is 7.03. The monoisotopic (exact) mass is 265 g/mol. The summed E-state index contributed by atoms with van der Waals surface area (Å²) in [6.45, 7) is 3.42. The van der Waals surface area contributed by atoms with E-state index >= 15 is 0 Å². The Hall–Kier alpha value is -1.49. The van der Waals surface area contributed by atoms with Crippen LogP contribution in [-0.2, 0) is 6.54 Å². The molecule has 5 heteroatoms. The minimum Gasteiger partial charge on any atom is -0.467 e. The van der Waals surface area contributed by atoms with E-state index in [1.54, 1.807) is 6.26 Å². The molecule has 106 valence electrons. The van der Waals surface area contributed by atoms with Crippen LogP contribution in [0, 0.1) is 0 Å². The number of nitrogens with zero attached hydrogens (tertiary/aromatic N) is 1. The molecule has 19 heavy (non-hydrogen) atoms. The number of aliphatic hydroxyl groups excluding tert-OH is 1. The van der Waals surface area contributed by atoms with Crippen molar-refractivity contribution in [1.82, 2.24) is 10.6 Å². The standard InChI is InChI=1S/C14H23N3O2/c1-2-15-14(16-10-13-4-3-9-19-13)17-11-5-7-12(18)8-6-11/h3-4,9,11-12,18H,2,5-8,10H2,1H3,(H2,15,16,17). The average molecular weight is 265 g/mol. The Labute approximate surface area is 114 Å². The van der Waals surface area contributed by atoms with Crippen molar-refractivity contribution in [1.29, 1.82) is 0 Å². The molecule has 1 saturated carbocycles. The summed E-state index contributed by atoms with van der Waals surface area (Å²) in [7, 11) is 0. The van der Waals surface area contributed by atoms with Gasteiger partial charge in [0.25, 0.3) is 0 Å². The van der Waals surface area contributed by atoms with Crippen molar-refractivity contribution in [2.24, 2.45) is 4.99 Å². The highest BCUT2D eigenvalue weighted by molar-refractivity contribution is 5.80. The molecule has 1 heterocycles. The molecule has 1 aromatic heterocycles. The van der Waals surface area contributed by atoms with Gasteiger partial charge in [-0.25, -0.2) is 4.99 Å². The van der Waals surface area contributed by atoms with Gasteiger partial charge in [0.2, 0.25) is 0 Å². The highest BCUT2D eigenvalue weighted by Gasteiger charge is 2.19. The lowest BCUT2D eigenvalue weighted by Gasteiger charge is -2.27. The van der Waals surface area contributed by atoms with Gasteiger partial charge in [-0.1, -0.05) is 0 Å². The van der Waals surface area contributed by atoms with E-state index in [2.05, 4.69) is 22.5 Å². The molecular weight excluding hydrogens is 242 g/mol. The van der Waals surface area contributed by atoms with E-state index in [-0.39, 0.29) is 6.10 Å². The second kappa shape index (κ2) is 7.19. The first kappa shape index (κ1) is 13.9. The first-order chi connectivity index (χ1) is 9.28. The van der Waals surface area contributed by atoms with Gasteiger partial charge in [-0.3, -0.25) is 0 Å². The maximum Gasteiger partial charge on any atom is 0.191 e. The average Bonchev–Trinajstić information content (AvgIpc) is 2.92. The molecule has 0 saturated heterocycles. The molecule has 0 atom stereocenters. The Morgan fingerprint density at radius 1 is 1.42 bits per heavy atom. The molecule has 1 aliphatic carbocycles. The lowest BCUT2D eigenvalue weighted by molar-refractivity contribution is 0.120. The Kier molecular flexibility index (Phi) is 5.27. The van der Waals surface area contributed by atoms with Crippen molar-refractivity contribution >= 4 is 5.96 Å². The largest absolute Gasteiger partial charge is 0.467 e. The number of rotatable bonds is 4. The van der Waals surface area contributed by atoms with E-state index < -0.39 is 0 Å². The van der Waals surface area contributed by atoms with Crippen LogP contribution in [0.15, 0.2) is 27.8 Å². The molecular formula is C14H23N3O2. The van der Waals surface area contributed by atoms with Crippen LogP contribution in [0.25, 0.3) is 0 Å². The van der Waals surface area contributed by atoms with Crippen LogP contribution >= 0.6 is 0 Å². The van der Waals surface area contributed by atoms with Gasteiger partial charge in [-0.15, -0.1) is 0 Å². The fraction of sp³-hybridized carbons (Fsp3) is 0.643. The van der Waals surface area contributed by atoms with Crippen molar-refractivity contribution in [3.05, 3.63) is 24.2 Å². The van der Waals surface area contributed by atoms with Gasteiger partial charge in [0, 0.05) is 12.6 Å². The molecule has 1 aromatic rings. The predicted molar refractivity (Wildman–Crippen MR) is 74.9 cm³/mol. The summed E-state index contributed by atoms with van der Waals surface area (Å²) >= 11 is 0. The predicted octanol–water partition coefficient (Wildman–Crippen LogP) is 1.64. The molecule has 0 radical (unpaired) electrons. The lowest BCUT2D eigenvalue weighted by atomic mass is 9.93. The third kappa shape index (κ3) is 4.59. The molecule has 3 N–H and O–H groups in total. The van der Waals surface area contributed by atoms with Crippen molar-refractivity contribution in [2.45, 2.75) is 51.3 Å². The molecule has 0 unspecified atom stereocenters. The molecule has 5 nitrogen and oxygen atoms in total. The minimum absolute atomic E-state index is 0.124. The summed E-state index contributed by atoms with van der Waals surface area (Å²) in [5, 5.41) is 16.2. The van der Waals surface area contributed by atoms with Crippen LogP contribution in [0.3, 0.4) is 0 Å². The lowest BCUT2D eigenvalue weighted by Crippen LogP contribution is -2.45. The van der Waals surface area contributed by atoms with E-state index in [0.717, 1.165) is 43.9 Å². The number of aliphatic imine (C=N–C) groups is 1. The highest BCUT2D eigenvalue weighted by atomic mass is 16.3. The smallest absolute Gasteiger partial charge is 0.191 e. The van der Waals surface area contributed by atoms with Gasteiger partial charge in [0.05, 0.1) is 12.4 Å². The van der Waals surface area contributed by atoms with E-state index in [0.29, 0.717) is 12.6 Å². The molecule has 0 amide bonds. The highest BCUT2D eigenvalue weighted by Crippen LogP contribution is 2.18. The Morgan fingerprint density at radius 2 is 2.21 bits per heavy atom. The molecule has 0 bridgehead atoms. The zero-order valence-electron chi connectivity index (χ0n) is 11.4. The Morgan fingerprint density at radius 3 is 2.84 bits per heavy atom. The van der Waals surface area contributed by atoms with Crippen LogP contribution < -0.4 is 10.6 Å². The molecule has 0 aromatic carbocycles. The van der Waals surface area contributed by atoms with Crippen molar-refractivity contribution in [3.8, 4) is 0 Å². The maximum atomic E-state index is 9.51. The second-order valence-electron chi connectivity index (χ2n) is 4.92. The van der Waals surface area contributed by atoms with Gasteiger partial charge >= 0.3 is 0 Å². The number of nitrogens with one attached hydrogen (secondary N) is 2. The second-order valence-corrected chi connectivity index (χ2v) is 4.92. The van der Waals surface area contributed by atoms with Gasteiger partial charge in [0.15, 0.2) is 5.96 Å². The maximum absolute atomic E-state index is 9.51. The topological polar surface area (TPSA) is 69.8 Å². The number of hydrogen-bond acceptors (Lipinski definition) is 3. The number of furan rings is 1. The fourth-order valence-corrected chi connectivity index (χ4v) is 2.29. The normalized spacial score (nSPS) is 24.2. The van der Waals surface area contributed by atoms with Crippen molar-refractivity contribution in [3.63, 3.8) is 0 Å². The molecule has 0 aliphatic heterocycles. The Balaban J connectivity index is 1.86. The van der Waals surface area contributed by atoms with Crippen LogP contribution in [0.4, 0.5) is 0 Å². The zero-order chi connectivity index (χ0) is 13.5. The molecule has 0 spiro atoms. The van der Waals surface area contributed by atoms with Crippen molar-refractivity contribution < 1.29 is 9.52 Å². The van der Waals surface area contributed by atoms with Gasteiger partial charge in [0.1, 0.15) is 12.3 Å². The molecule has 1 aliphatic rings. The van der Waals surface area contributed by atoms with Crippen LogP contribution in [0.5, 0.6) is 0 Å². The van der Waals surface area contributed by atoms with Gasteiger partial charge in [-0.2, -0.15) is 0 Å². The third-order valence-electron chi connectivity index (χ3n) is 3.35. The first-order valence-electron chi connectivity index (χ1n) is 7.03. The third-order valence-corrected chi connectivity index (χ3v) is 3.35. The zero-order valence-corrected chi connectivity index (χ0v) is 11.4. The van der Waals surface area contributed by atoms with E-state index in [4.69, 9.17) is 4.42 Å². The van der Waals surface area contributed by atoms with Crippen LogP contribution in [0.1, 0.15) is 38.4 Å². The van der Waals surface area contributed by atoms with Gasteiger partial charge < -0.3 is 20.2 Å². The number of guanidine groups is 1. The SMILES string of the molecule is CCNC(=NCc1ccco1)NC1CCC(O)CC1. The summed E-state index contributed by atoms with van der Waals surface area (Å²) in [6.07, 6.45) is 5.26. The summed E-state index contributed by atoms with van der Waals surface area (Å²) in [6, 6.07) is 4.19. The van der Waals surface area contributed by atoms with E-state index in [9.17, 15) is 5.11 Å².